The van der Waals surface area contributed by atoms with Crippen LogP contribution in [0.25, 0.3) is 60.5 Å². The topological polar surface area (TPSA) is 28.4 Å². The molecule has 0 unspecified atom stereocenters. The lowest BCUT2D eigenvalue weighted by atomic mass is 9.94. The second-order valence-corrected chi connectivity index (χ2v) is 11.4. The highest BCUT2D eigenvalue weighted by Crippen LogP contribution is 2.44. The van der Waals surface area contributed by atoms with Crippen molar-refractivity contribution in [2.75, 3.05) is 16.8 Å². The number of hydrogen-bond donors (Lipinski definition) is 1. The summed E-state index contributed by atoms with van der Waals surface area (Å²) in [5.41, 5.74) is 7.53. The minimum Gasteiger partial charge on any atom is -0.438 e. The summed E-state index contributed by atoms with van der Waals surface area (Å²) < 4.78 is 6.44. The van der Waals surface area contributed by atoms with E-state index in [1.807, 2.05) is 0 Å². The molecule has 3 nitrogen and oxygen atoms in total. The largest absolute Gasteiger partial charge is 0.438 e. The van der Waals surface area contributed by atoms with Crippen molar-refractivity contribution in [3.05, 3.63) is 151 Å². The Labute approximate surface area is 255 Å². The van der Waals surface area contributed by atoms with E-state index in [1.165, 1.54) is 43.4 Å². The van der Waals surface area contributed by atoms with E-state index in [9.17, 15) is 0 Å². The van der Waals surface area contributed by atoms with Gasteiger partial charge in [-0.2, -0.15) is 0 Å². The minimum atomic E-state index is 0.771. The lowest BCUT2D eigenvalue weighted by Crippen LogP contribution is -2.10. The Kier molecular flexibility index (Phi) is 5.57. The third kappa shape index (κ3) is 3.90. The average molecular weight is 565 g/mol. The zero-order valence-corrected chi connectivity index (χ0v) is 24.0. The van der Waals surface area contributed by atoms with Gasteiger partial charge in [0.25, 0.3) is 0 Å². The maximum absolute atomic E-state index is 6.44. The van der Waals surface area contributed by atoms with E-state index < -0.39 is 0 Å². The molecule has 208 valence electrons. The van der Waals surface area contributed by atoms with Gasteiger partial charge >= 0.3 is 0 Å². The van der Waals surface area contributed by atoms with Crippen LogP contribution in [0.2, 0.25) is 0 Å². The van der Waals surface area contributed by atoms with Gasteiger partial charge in [-0.15, -0.1) is 0 Å². The first-order valence-electron chi connectivity index (χ1n) is 15.1. The molecule has 0 bridgehead atoms. The number of hydrogen-bond acceptors (Lipinski definition) is 3. The van der Waals surface area contributed by atoms with Gasteiger partial charge in [-0.1, -0.05) is 115 Å². The maximum Gasteiger partial charge on any atom is 0.201 e. The second kappa shape index (κ2) is 9.89. The van der Waals surface area contributed by atoms with Crippen LogP contribution in [0.4, 0.5) is 22.9 Å². The summed E-state index contributed by atoms with van der Waals surface area (Å²) in [6.45, 7) is 0.771. The van der Waals surface area contributed by atoms with Crippen LogP contribution in [0.3, 0.4) is 0 Å². The van der Waals surface area contributed by atoms with Gasteiger partial charge in [-0.3, -0.25) is 0 Å². The van der Waals surface area contributed by atoms with Crippen molar-refractivity contribution < 1.29 is 4.42 Å². The molecule has 8 aromatic rings. The Morgan fingerprint density at radius 1 is 0.523 bits per heavy atom. The Morgan fingerprint density at radius 3 is 2.07 bits per heavy atom. The van der Waals surface area contributed by atoms with Gasteiger partial charge in [-0.25, -0.2) is 0 Å². The molecule has 0 aliphatic carbocycles. The summed E-state index contributed by atoms with van der Waals surface area (Å²) in [6, 6.07) is 50.2. The first-order valence-corrected chi connectivity index (χ1v) is 15.1. The van der Waals surface area contributed by atoms with Crippen molar-refractivity contribution >= 4 is 72.3 Å². The maximum atomic E-state index is 6.44. The third-order valence-corrected chi connectivity index (χ3v) is 8.86. The summed E-state index contributed by atoms with van der Waals surface area (Å²) >= 11 is 0. The molecule has 0 amide bonds. The van der Waals surface area contributed by atoms with Crippen molar-refractivity contribution in [3.63, 3.8) is 0 Å². The molecular formula is C41H28N2O. The molecule has 2 heterocycles. The molecule has 0 radical (unpaired) electrons. The van der Waals surface area contributed by atoms with Crippen LogP contribution < -0.4 is 10.2 Å². The number of nitrogens with zero attached hydrogens (tertiary/aromatic N) is 1. The summed E-state index contributed by atoms with van der Waals surface area (Å²) in [7, 11) is 0. The van der Waals surface area contributed by atoms with Crippen LogP contribution >= 0.6 is 0 Å². The monoisotopic (exact) mass is 564 g/mol. The fourth-order valence-electron chi connectivity index (χ4n) is 6.73. The van der Waals surface area contributed by atoms with E-state index in [4.69, 9.17) is 4.42 Å². The van der Waals surface area contributed by atoms with Gasteiger partial charge in [0.1, 0.15) is 0 Å². The molecule has 0 saturated heterocycles. The van der Waals surface area contributed by atoms with Crippen LogP contribution in [0.1, 0.15) is 5.56 Å². The van der Waals surface area contributed by atoms with Gasteiger partial charge in [0, 0.05) is 28.9 Å². The number of fused-ring (bicyclic) bond motifs is 8. The fraction of sp³-hybridized carbons (Fsp3) is 0.0244. The van der Waals surface area contributed by atoms with E-state index in [0.717, 1.165) is 46.0 Å². The van der Waals surface area contributed by atoms with E-state index in [-0.39, 0.29) is 0 Å². The van der Waals surface area contributed by atoms with E-state index in [0.29, 0.717) is 0 Å². The molecule has 9 rings (SSSR count). The number of nitrogens with one attached hydrogen (secondary N) is 1. The van der Waals surface area contributed by atoms with Gasteiger partial charge in [-0.05, 0) is 79.8 Å². The molecule has 1 aliphatic heterocycles. The first-order chi connectivity index (χ1) is 21.8. The predicted octanol–water partition coefficient (Wildman–Crippen LogP) is 11.5. The molecule has 1 aliphatic rings. The van der Waals surface area contributed by atoms with Crippen molar-refractivity contribution in [2.45, 2.75) is 0 Å². The zero-order valence-electron chi connectivity index (χ0n) is 24.0. The molecule has 0 saturated carbocycles. The van der Waals surface area contributed by atoms with Gasteiger partial charge < -0.3 is 14.6 Å². The van der Waals surface area contributed by atoms with Crippen molar-refractivity contribution in [1.29, 1.82) is 0 Å². The SMILES string of the molecule is C1=Cc2c(oc3c(N(c4ccccc4)c4ccc(-c5ccc6ccc7c8ccccc8ccc7c6c5)cc4)cccc23)NC1. The van der Waals surface area contributed by atoms with E-state index in [1.54, 1.807) is 0 Å². The predicted molar refractivity (Wildman–Crippen MR) is 186 cm³/mol. The Bertz CT molecular complexity index is 2380. The lowest BCUT2D eigenvalue weighted by Gasteiger charge is -2.25. The van der Waals surface area contributed by atoms with Gasteiger partial charge in [0.15, 0.2) is 5.58 Å². The number of furan rings is 1. The van der Waals surface area contributed by atoms with Crippen molar-refractivity contribution in [3.8, 4) is 11.1 Å². The Morgan fingerprint density at radius 2 is 1.20 bits per heavy atom. The standard InChI is InChI=1S/C41H28N2O/c1-2-9-31(10-3-1)43(39-14-6-12-36-37-13-7-25-42-41(37)44-40(36)39)32-21-17-27(18-22-32)30-16-15-29-20-23-34-33-11-5-4-8-28(33)19-24-35(34)38(29)26-30/h1-24,26,42H,25H2. The molecule has 7 aromatic carbocycles. The normalized spacial score (nSPS) is 12.5. The average Bonchev–Trinajstić information content (AvgIpc) is 3.48. The molecule has 0 fully saturated rings. The number of para-hydroxylation sites is 2. The summed E-state index contributed by atoms with van der Waals surface area (Å²) in [5.74, 6) is 0.829. The molecule has 44 heavy (non-hydrogen) atoms. The van der Waals surface area contributed by atoms with E-state index >= 15 is 0 Å². The fourth-order valence-corrected chi connectivity index (χ4v) is 6.73. The minimum absolute atomic E-state index is 0.771. The summed E-state index contributed by atoms with van der Waals surface area (Å²) in [5, 5.41) is 12.2. The van der Waals surface area contributed by atoms with Gasteiger partial charge in [0.05, 0.1) is 5.69 Å². The third-order valence-electron chi connectivity index (χ3n) is 8.86. The molecule has 1 aromatic heterocycles. The van der Waals surface area contributed by atoms with Crippen molar-refractivity contribution in [1.82, 2.24) is 0 Å². The molecule has 0 atom stereocenters. The zero-order chi connectivity index (χ0) is 29.0. The van der Waals surface area contributed by atoms with E-state index in [2.05, 4.69) is 162 Å². The summed E-state index contributed by atoms with van der Waals surface area (Å²) in [4.78, 5) is 2.28. The van der Waals surface area contributed by atoms with Crippen molar-refractivity contribution in [2.24, 2.45) is 0 Å². The highest BCUT2D eigenvalue weighted by molar-refractivity contribution is 6.17. The molecular weight excluding hydrogens is 536 g/mol. The molecule has 3 heteroatoms. The molecule has 0 spiro atoms. The lowest BCUT2D eigenvalue weighted by molar-refractivity contribution is 0.628. The molecule has 1 N–H and O–H groups in total. The highest BCUT2D eigenvalue weighted by atomic mass is 16.4. The van der Waals surface area contributed by atoms with Crippen LogP contribution in [0, 0.1) is 0 Å². The first kappa shape index (κ1) is 24.8. The summed E-state index contributed by atoms with van der Waals surface area (Å²) in [6.07, 6.45) is 4.29. The Balaban J connectivity index is 1.16. The quantitative estimate of drug-likeness (QED) is 0.216. The number of benzene rings is 7. The van der Waals surface area contributed by atoms with Crippen LogP contribution in [-0.2, 0) is 0 Å². The smallest absolute Gasteiger partial charge is 0.201 e. The second-order valence-electron chi connectivity index (χ2n) is 11.4. The Hall–Kier alpha value is -5.80. The van der Waals surface area contributed by atoms with Crippen LogP contribution in [-0.4, -0.2) is 6.54 Å². The van der Waals surface area contributed by atoms with Crippen LogP contribution in [0.15, 0.2) is 150 Å². The van der Waals surface area contributed by atoms with Crippen LogP contribution in [0.5, 0.6) is 0 Å². The highest BCUT2D eigenvalue weighted by Gasteiger charge is 2.21. The number of rotatable bonds is 4. The van der Waals surface area contributed by atoms with Gasteiger partial charge in [0.2, 0.25) is 5.88 Å². The number of anilines is 4.